The Morgan fingerprint density at radius 3 is 2.89 bits per heavy atom. The number of hydrogen-bond acceptors (Lipinski definition) is 4. The summed E-state index contributed by atoms with van der Waals surface area (Å²) in [6.07, 6.45) is -0.256. The van der Waals surface area contributed by atoms with E-state index in [4.69, 9.17) is 10.6 Å². The third-order valence-electron chi connectivity index (χ3n) is 3.15. The summed E-state index contributed by atoms with van der Waals surface area (Å²) in [6, 6.07) is 2.97. The van der Waals surface area contributed by atoms with E-state index in [1.165, 1.54) is 12.1 Å². The fourth-order valence-corrected chi connectivity index (χ4v) is 2.16. The number of benzene rings is 1. The average Bonchev–Trinajstić information content (AvgIpc) is 2.33. The van der Waals surface area contributed by atoms with Gasteiger partial charge in [0.15, 0.2) is 0 Å². The molecule has 18 heavy (non-hydrogen) atoms. The van der Waals surface area contributed by atoms with Crippen molar-refractivity contribution in [1.82, 2.24) is 10.3 Å². The molecule has 0 amide bonds. The molecule has 1 saturated heterocycles. The molecule has 0 saturated carbocycles. The second-order valence-corrected chi connectivity index (χ2v) is 4.48. The first kappa shape index (κ1) is 13.4. The zero-order valence-corrected chi connectivity index (χ0v) is 10.2. The monoisotopic (exact) mass is 257 g/mol. The number of ether oxygens (including phenoxy) is 1. The van der Waals surface area contributed by atoms with Gasteiger partial charge in [0.05, 0.1) is 18.8 Å². The first-order valence-electron chi connectivity index (χ1n) is 5.83. The molecule has 2 unspecified atom stereocenters. The van der Waals surface area contributed by atoms with E-state index < -0.39 is 17.7 Å². The lowest BCUT2D eigenvalue weighted by molar-refractivity contribution is -0.0398. The number of nitrogens with two attached hydrogens (primary N) is 1. The van der Waals surface area contributed by atoms with Crippen LogP contribution in [0.1, 0.15) is 11.6 Å². The van der Waals surface area contributed by atoms with Gasteiger partial charge in [0, 0.05) is 24.7 Å². The first-order valence-corrected chi connectivity index (χ1v) is 5.83. The fraction of sp³-hybridized carbons (Fsp3) is 0.500. The van der Waals surface area contributed by atoms with E-state index in [-0.39, 0.29) is 6.10 Å². The summed E-state index contributed by atoms with van der Waals surface area (Å²) in [5.41, 5.74) is 2.87. The first-order chi connectivity index (χ1) is 8.61. The van der Waals surface area contributed by atoms with Crippen LogP contribution in [0.3, 0.4) is 0 Å². The summed E-state index contributed by atoms with van der Waals surface area (Å²) in [5.74, 6) is 4.26. The van der Waals surface area contributed by atoms with Crippen LogP contribution < -0.4 is 11.3 Å². The van der Waals surface area contributed by atoms with E-state index in [2.05, 4.69) is 10.3 Å². The second-order valence-electron chi connectivity index (χ2n) is 4.48. The van der Waals surface area contributed by atoms with Gasteiger partial charge >= 0.3 is 0 Å². The van der Waals surface area contributed by atoms with Crippen LogP contribution in [0.2, 0.25) is 0 Å². The minimum absolute atomic E-state index is 0.256. The molecule has 1 aliphatic rings. The largest absolute Gasteiger partial charge is 0.374 e. The quantitative estimate of drug-likeness (QED) is 0.621. The molecular formula is C12H17F2N3O. The standard InChI is InChI=1S/C12H17F2N3O/c1-17-4-5-18-11(7-17)12(16-15)9-3-2-8(13)6-10(9)14/h2-3,6,11-12,16H,4-5,7,15H2,1H3. The van der Waals surface area contributed by atoms with Crippen molar-refractivity contribution in [2.75, 3.05) is 26.7 Å². The van der Waals surface area contributed by atoms with Crippen LogP contribution in [0.4, 0.5) is 8.78 Å². The number of nitrogens with one attached hydrogen (secondary N) is 1. The Morgan fingerprint density at radius 1 is 1.50 bits per heavy atom. The molecule has 0 radical (unpaired) electrons. The zero-order chi connectivity index (χ0) is 13.1. The van der Waals surface area contributed by atoms with Crippen LogP contribution >= 0.6 is 0 Å². The maximum atomic E-state index is 13.7. The van der Waals surface area contributed by atoms with Crippen LogP contribution in [0.15, 0.2) is 18.2 Å². The van der Waals surface area contributed by atoms with Gasteiger partial charge in [-0.3, -0.25) is 11.3 Å². The Kier molecular flexibility index (Phi) is 4.23. The molecule has 2 rings (SSSR count). The molecule has 2 atom stereocenters. The number of nitrogens with zero attached hydrogens (tertiary/aromatic N) is 1. The van der Waals surface area contributed by atoms with Gasteiger partial charge in [0.1, 0.15) is 11.6 Å². The Bertz CT molecular complexity index is 416. The molecule has 0 aliphatic carbocycles. The number of hydrazine groups is 1. The average molecular weight is 257 g/mol. The smallest absolute Gasteiger partial charge is 0.131 e. The van der Waals surface area contributed by atoms with Crippen molar-refractivity contribution in [1.29, 1.82) is 0 Å². The predicted molar refractivity (Wildman–Crippen MR) is 63.7 cm³/mol. The van der Waals surface area contributed by atoms with Crippen LogP contribution in [0.5, 0.6) is 0 Å². The summed E-state index contributed by atoms with van der Waals surface area (Å²) in [5, 5.41) is 0. The number of halogens is 2. The fourth-order valence-electron chi connectivity index (χ4n) is 2.16. The number of morpholine rings is 1. The maximum Gasteiger partial charge on any atom is 0.131 e. The SMILES string of the molecule is CN1CCOC(C(NN)c2ccc(F)cc2F)C1. The van der Waals surface area contributed by atoms with Gasteiger partial charge in [0.25, 0.3) is 0 Å². The highest BCUT2D eigenvalue weighted by Gasteiger charge is 2.29. The molecular weight excluding hydrogens is 240 g/mol. The number of hydrogen-bond donors (Lipinski definition) is 2. The van der Waals surface area contributed by atoms with E-state index in [9.17, 15) is 8.78 Å². The summed E-state index contributed by atoms with van der Waals surface area (Å²) in [6.45, 7) is 2.05. The Hall–Kier alpha value is -1.08. The molecule has 1 aromatic rings. The lowest BCUT2D eigenvalue weighted by Gasteiger charge is -2.35. The van der Waals surface area contributed by atoms with Crippen LogP contribution in [-0.4, -0.2) is 37.7 Å². The molecule has 100 valence electrons. The van der Waals surface area contributed by atoms with E-state index in [1.807, 2.05) is 7.05 Å². The van der Waals surface area contributed by atoms with Crippen molar-refractivity contribution in [2.45, 2.75) is 12.1 Å². The Labute approximate surface area is 105 Å². The predicted octanol–water partition coefficient (Wildman–Crippen LogP) is 0.800. The molecule has 1 fully saturated rings. The summed E-state index contributed by atoms with van der Waals surface area (Å²) >= 11 is 0. The highest BCUT2D eigenvalue weighted by atomic mass is 19.1. The van der Waals surface area contributed by atoms with E-state index in [0.717, 1.165) is 12.6 Å². The van der Waals surface area contributed by atoms with Crippen molar-refractivity contribution in [3.63, 3.8) is 0 Å². The van der Waals surface area contributed by atoms with Crippen molar-refractivity contribution in [3.05, 3.63) is 35.4 Å². The highest BCUT2D eigenvalue weighted by molar-refractivity contribution is 5.23. The van der Waals surface area contributed by atoms with Gasteiger partial charge in [-0.05, 0) is 13.1 Å². The molecule has 1 heterocycles. The number of likely N-dealkylation sites (N-methyl/N-ethyl adjacent to an activating group) is 1. The molecule has 3 N–H and O–H groups in total. The maximum absolute atomic E-state index is 13.7. The van der Waals surface area contributed by atoms with E-state index in [1.54, 1.807) is 0 Å². The molecule has 1 aliphatic heterocycles. The zero-order valence-electron chi connectivity index (χ0n) is 10.2. The summed E-state index contributed by atoms with van der Waals surface area (Å²) in [7, 11) is 1.96. The lowest BCUT2D eigenvalue weighted by atomic mass is 10.00. The highest BCUT2D eigenvalue weighted by Crippen LogP contribution is 2.24. The molecule has 0 spiro atoms. The topological polar surface area (TPSA) is 50.5 Å². The minimum Gasteiger partial charge on any atom is -0.374 e. The molecule has 1 aromatic carbocycles. The minimum atomic E-state index is -0.616. The van der Waals surface area contributed by atoms with Crippen LogP contribution in [0.25, 0.3) is 0 Å². The van der Waals surface area contributed by atoms with Gasteiger partial charge in [-0.15, -0.1) is 0 Å². The van der Waals surface area contributed by atoms with Gasteiger partial charge in [0.2, 0.25) is 0 Å². The summed E-state index contributed by atoms with van der Waals surface area (Å²) < 4.78 is 32.2. The van der Waals surface area contributed by atoms with Gasteiger partial charge < -0.3 is 9.64 Å². The third kappa shape index (κ3) is 2.84. The van der Waals surface area contributed by atoms with Crippen LogP contribution in [0, 0.1) is 11.6 Å². The van der Waals surface area contributed by atoms with Crippen LogP contribution in [-0.2, 0) is 4.74 Å². The lowest BCUT2D eigenvalue weighted by Crippen LogP contribution is -2.48. The molecule has 0 bridgehead atoms. The van der Waals surface area contributed by atoms with Gasteiger partial charge in [-0.25, -0.2) is 8.78 Å². The van der Waals surface area contributed by atoms with E-state index >= 15 is 0 Å². The third-order valence-corrected chi connectivity index (χ3v) is 3.15. The molecule has 0 aromatic heterocycles. The van der Waals surface area contributed by atoms with Gasteiger partial charge in [-0.2, -0.15) is 0 Å². The Morgan fingerprint density at radius 2 is 2.28 bits per heavy atom. The number of rotatable bonds is 3. The van der Waals surface area contributed by atoms with Gasteiger partial charge in [-0.1, -0.05) is 6.07 Å². The second kappa shape index (κ2) is 5.71. The van der Waals surface area contributed by atoms with Crippen molar-refractivity contribution in [2.24, 2.45) is 5.84 Å². The van der Waals surface area contributed by atoms with Crippen molar-refractivity contribution < 1.29 is 13.5 Å². The van der Waals surface area contributed by atoms with Crippen molar-refractivity contribution >= 4 is 0 Å². The van der Waals surface area contributed by atoms with E-state index in [0.29, 0.717) is 18.7 Å². The van der Waals surface area contributed by atoms with Crippen molar-refractivity contribution in [3.8, 4) is 0 Å². The molecule has 4 nitrogen and oxygen atoms in total. The Balaban J connectivity index is 2.21. The molecule has 6 heteroatoms. The summed E-state index contributed by atoms with van der Waals surface area (Å²) in [4.78, 5) is 2.08. The normalized spacial score (nSPS) is 23.0.